The minimum absolute atomic E-state index is 0.214. The Bertz CT molecular complexity index is 167. The zero-order valence-electron chi connectivity index (χ0n) is 9.37. The molecule has 0 aromatic heterocycles. The third-order valence-corrected chi connectivity index (χ3v) is 7.19. The molecule has 0 saturated carbocycles. The molecule has 0 fully saturated rings. The fourth-order valence-corrected chi connectivity index (χ4v) is 1.90. The van der Waals surface area contributed by atoms with Gasteiger partial charge in [-0.3, -0.25) is 0 Å². The Morgan fingerprint density at radius 3 is 1.69 bits per heavy atom. The van der Waals surface area contributed by atoms with E-state index < -0.39 is 12.7 Å². The van der Waals surface area contributed by atoms with Crippen LogP contribution in [0.15, 0.2) is 0 Å². The average Bonchev–Trinajstić information content (AvgIpc) is 1.79. The van der Waals surface area contributed by atoms with Crippen molar-refractivity contribution < 1.29 is 4.43 Å². The largest absolute Gasteiger partial charge is 0.414 e. The minimum Gasteiger partial charge on any atom is -0.414 e. The van der Waals surface area contributed by atoms with Crippen LogP contribution in [0.3, 0.4) is 0 Å². The Hall–Kier alpha value is 0.757. The van der Waals surface area contributed by atoms with Crippen LogP contribution in [0.2, 0.25) is 18.1 Å². The highest BCUT2D eigenvalue weighted by molar-refractivity contribution is 6.74. The quantitative estimate of drug-likeness (QED) is 0.533. The maximum atomic E-state index is 5.85. The summed E-state index contributed by atoms with van der Waals surface area (Å²) in [6.45, 7) is 13.1. The number of hydrogen-bond acceptors (Lipinski definition) is 1. The minimum atomic E-state index is -1.68. The van der Waals surface area contributed by atoms with E-state index >= 15 is 0 Å². The monoisotopic (exact) mass is 242 g/mol. The second-order valence-corrected chi connectivity index (χ2v) is 11.8. The SMILES string of the molecule is CC(Cl)(Cl)CO[Si](C)(C)C(C)(C)C. The molecule has 0 aliphatic heterocycles. The molecule has 0 saturated heterocycles. The van der Waals surface area contributed by atoms with E-state index in [4.69, 9.17) is 27.6 Å². The first kappa shape index (κ1) is 13.8. The maximum absolute atomic E-state index is 5.85. The van der Waals surface area contributed by atoms with Gasteiger partial charge in [0.15, 0.2) is 8.32 Å². The van der Waals surface area contributed by atoms with Crippen molar-refractivity contribution >= 4 is 31.5 Å². The summed E-state index contributed by atoms with van der Waals surface area (Å²) >= 11 is 11.7. The molecule has 1 nitrogen and oxygen atoms in total. The lowest BCUT2D eigenvalue weighted by molar-refractivity contribution is 0.280. The number of alkyl halides is 2. The van der Waals surface area contributed by atoms with Crippen molar-refractivity contribution in [2.75, 3.05) is 6.61 Å². The first-order valence-electron chi connectivity index (χ1n) is 4.47. The van der Waals surface area contributed by atoms with Crippen molar-refractivity contribution in [3.05, 3.63) is 0 Å². The molecule has 0 aromatic rings. The van der Waals surface area contributed by atoms with Crippen LogP contribution in [-0.2, 0) is 4.43 Å². The summed E-state index contributed by atoms with van der Waals surface area (Å²) < 4.78 is 5.07. The van der Waals surface area contributed by atoms with Crippen LogP contribution in [0.5, 0.6) is 0 Å². The predicted octanol–water partition coefficient (Wildman–Crippen LogP) is 4.20. The van der Waals surface area contributed by atoms with Crippen molar-refractivity contribution in [3.63, 3.8) is 0 Å². The van der Waals surface area contributed by atoms with E-state index in [0.717, 1.165) is 0 Å². The summed E-state index contributed by atoms with van der Waals surface area (Å²) in [6, 6.07) is 0. The number of rotatable bonds is 3. The molecule has 13 heavy (non-hydrogen) atoms. The van der Waals surface area contributed by atoms with Gasteiger partial charge < -0.3 is 4.43 Å². The molecule has 4 heteroatoms. The molecule has 0 radical (unpaired) electrons. The lowest BCUT2D eigenvalue weighted by atomic mass is 10.2. The summed E-state index contributed by atoms with van der Waals surface area (Å²) in [5.41, 5.74) is 0. The lowest BCUT2D eigenvalue weighted by Gasteiger charge is -2.37. The van der Waals surface area contributed by atoms with Gasteiger partial charge in [0.1, 0.15) is 4.33 Å². The molecule has 0 bridgehead atoms. The van der Waals surface area contributed by atoms with Crippen molar-refractivity contribution in [2.45, 2.75) is 50.2 Å². The molecular weight excluding hydrogens is 223 g/mol. The van der Waals surface area contributed by atoms with Gasteiger partial charge in [0.05, 0.1) is 6.61 Å². The van der Waals surface area contributed by atoms with Gasteiger partial charge in [-0.15, -0.1) is 0 Å². The van der Waals surface area contributed by atoms with E-state index in [0.29, 0.717) is 6.61 Å². The van der Waals surface area contributed by atoms with Gasteiger partial charge in [0.25, 0.3) is 0 Å². The summed E-state index contributed by atoms with van der Waals surface area (Å²) in [5.74, 6) is 0. The van der Waals surface area contributed by atoms with Crippen LogP contribution < -0.4 is 0 Å². The fraction of sp³-hybridized carbons (Fsp3) is 1.00. The Kier molecular flexibility index (Phi) is 4.33. The smallest absolute Gasteiger partial charge is 0.192 e. The lowest BCUT2D eigenvalue weighted by Crippen LogP contribution is -2.43. The third kappa shape index (κ3) is 5.26. The van der Waals surface area contributed by atoms with Gasteiger partial charge in [-0.05, 0) is 25.1 Å². The van der Waals surface area contributed by atoms with Crippen molar-refractivity contribution in [2.24, 2.45) is 0 Å². The first-order valence-corrected chi connectivity index (χ1v) is 8.14. The van der Waals surface area contributed by atoms with E-state index in [1.165, 1.54) is 0 Å². The molecule has 0 aromatic carbocycles. The van der Waals surface area contributed by atoms with Crippen LogP contribution in [0.25, 0.3) is 0 Å². The molecule has 0 amide bonds. The average molecular weight is 243 g/mol. The van der Waals surface area contributed by atoms with Gasteiger partial charge in [-0.25, -0.2) is 0 Å². The van der Waals surface area contributed by atoms with E-state index in [1.54, 1.807) is 6.92 Å². The van der Waals surface area contributed by atoms with Crippen molar-refractivity contribution in [1.29, 1.82) is 0 Å². The van der Waals surface area contributed by atoms with E-state index in [1.807, 2.05) is 0 Å². The number of halogens is 2. The fourth-order valence-electron chi connectivity index (χ4n) is 0.524. The van der Waals surface area contributed by atoms with E-state index in [9.17, 15) is 0 Å². The molecule has 0 rings (SSSR count). The standard InChI is InChI=1S/C9H20Cl2OSi/c1-8(2,3)13(5,6)12-7-9(4,10)11/h7H2,1-6H3. The molecule has 0 N–H and O–H groups in total. The third-order valence-electron chi connectivity index (χ3n) is 2.49. The highest BCUT2D eigenvalue weighted by Crippen LogP contribution is 2.37. The van der Waals surface area contributed by atoms with Crippen molar-refractivity contribution in [3.8, 4) is 0 Å². The van der Waals surface area contributed by atoms with Crippen LogP contribution in [0, 0.1) is 0 Å². The predicted molar refractivity (Wildman–Crippen MR) is 63.3 cm³/mol. The summed E-state index contributed by atoms with van der Waals surface area (Å²) in [5, 5.41) is 0.214. The number of hydrogen-bond donors (Lipinski definition) is 0. The first-order chi connectivity index (χ1) is 5.46. The van der Waals surface area contributed by atoms with Gasteiger partial charge in [-0.2, -0.15) is 0 Å². The van der Waals surface area contributed by atoms with Gasteiger partial charge in [-0.1, -0.05) is 44.0 Å². The van der Waals surface area contributed by atoms with Gasteiger partial charge >= 0.3 is 0 Å². The topological polar surface area (TPSA) is 9.23 Å². The molecule has 0 unspecified atom stereocenters. The zero-order chi connectivity index (χ0) is 10.9. The molecule has 80 valence electrons. The molecule has 0 atom stereocenters. The molecule has 0 heterocycles. The van der Waals surface area contributed by atoms with Gasteiger partial charge in [0.2, 0.25) is 0 Å². The molecule has 0 spiro atoms. The Balaban J connectivity index is 4.21. The Morgan fingerprint density at radius 2 is 1.46 bits per heavy atom. The molecular formula is C9H20Cl2OSi. The second kappa shape index (κ2) is 4.09. The second-order valence-electron chi connectivity index (χ2n) is 5.12. The highest BCUT2D eigenvalue weighted by atomic mass is 35.5. The highest BCUT2D eigenvalue weighted by Gasteiger charge is 2.38. The summed E-state index contributed by atoms with van der Waals surface area (Å²) in [4.78, 5) is 0. The van der Waals surface area contributed by atoms with Crippen LogP contribution in [0.4, 0.5) is 0 Å². The zero-order valence-corrected chi connectivity index (χ0v) is 11.9. The molecule has 0 aliphatic carbocycles. The van der Waals surface area contributed by atoms with Gasteiger partial charge in [0, 0.05) is 0 Å². The maximum Gasteiger partial charge on any atom is 0.192 e. The van der Waals surface area contributed by atoms with Crippen LogP contribution in [-0.4, -0.2) is 19.3 Å². The van der Waals surface area contributed by atoms with E-state index in [2.05, 4.69) is 33.9 Å². The molecule has 0 aliphatic rings. The van der Waals surface area contributed by atoms with Crippen LogP contribution >= 0.6 is 23.2 Å². The summed E-state index contributed by atoms with van der Waals surface area (Å²) in [6.07, 6.45) is 0. The van der Waals surface area contributed by atoms with Crippen LogP contribution in [0.1, 0.15) is 27.7 Å². The summed E-state index contributed by atoms with van der Waals surface area (Å²) in [7, 11) is -1.68. The normalized spacial score (nSPS) is 14.8. The Morgan fingerprint density at radius 1 is 1.08 bits per heavy atom. The van der Waals surface area contributed by atoms with Crippen molar-refractivity contribution in [1.82, 2.24) is 0 Å². The Labute approximate surface area is 92.9 Å². The van der Waals surface area contributed by atoms with E-state index in [-0.39, 0.29) is 5.04 Å².